The maximum Gasteiger partial charge on any atom is 0.325 e. The van der Waals surface area contributed by atoms with Crippen LogP contribution in [0.1, 0.15) is 25.8 Å². The second-order valence-electron chi connectivity index (χ2n) is 3.81. The van der Waals surface area contributed by atoms with Crippen LogP contribution >= 0.6 is 0 Å². The summed E-state index contributed by atoms with van der Waals surface area (Å²) in [7, 11) is 0. The lowest BCUT2D eigenvalue weighted by molar-refractivity contribution is -0.140. The lowest BCUT2D eigenvalue weighted by Crippen LogP contribution is -2.18. The van der Waals surface area contributed by atoms with E-state index in [4.69, 9.17) is 4.74 Å². The number of hydrogen-bond donors (Lipinski definition) is 2. The van der Waals surface area contributed by atoms with Crippen LogP contribution in [0.2, 0.25) is 0 Å². The van der Waals surface area contributed by atoms with E-state index in [9.17, 15) is 4.79 Å². The van der Waals surface area contributed by atoms with Gasteiger partial charge >= 0.3 is 5.97 Å². The molecule has 0 saturated heterocycles. The summed E-state index contributed by atoms with van der Waals surface area (Å²) >= 11 is 0. The fourth-order valence-corrected chi connectivity index (χ4v) is 1.31. The first kappa shape index (κ1) is 14.2. The summed E-state index contributed by atoms with van der Waals surface area (Å²) in [4.78, 5) is 19.7. The molecule has 0 bridgehead atoms. The zero-order valence-corrected chi connectivity index (χ0v) is 11.1. The van der Waals surface area contributed by atoms with Crippen molar-refractivity contribution < 1.29 is 9.53 Å². The normalized spacial score (nSPS) is 9.94. The molecule has 1 aromatic heterocycles. The minimum absolute atomic E-state index is 0.110. The van der Waals surface area contributed by atoms with E-state index in [0.29, 0.717) is 18.4 Å². The molecule has 0 saturated carbocycles. The molecule has 0 aromatic carbocycles. The van der Waals surface area contributed by atoms with Crippen LogP contribution < -0.4 is 10.6 Å². The molecular formula is C12H20N4O2. The molecule has 0 atom stereocenters. The molecular weight excluding hydrogens is 232 g/mol. The monoisotopic (exact) mass is 252 g/mol. The lowest BCUT2D eigenvalue weighted by Gasteiger charge is -2.10. The van der Waals surface area contributed by atoms with Gasteiger partial charge in [-0.25, -0.2) is 4.98 Å². The van der Waals surface area contributed by atoms with Gasteiger partial charge in [-0.05, 0) is 20.3 Å². The number of anilines is 2. The average Bonchev–Trinajstić information content (AvgIpc) is 2.36. The standard InChI is InChI=1S/C12H20N4O2/c1-4-6-13-12-15-7-9(3)11(16-12)14-8-10(17)18-5-2/h7H,4-6,8H2,1-3H3,(H2,13,14,15,16). The van der Waals surface area contributed by atoms with E-state index in [1.807, 2.05) is 6.92 Å². The quantitative estimate of drug-likeness (QED) is 0.718. The molecule has 0 unspecified atom stereocenters. The number of carbonyl (C=O) groups is 1. The molecule has 6 nitrogen and oxygen atoms in total. The Morgan fingerprint density at radius 2 is 2.17 bits per heavy atom. The van der Waals surface area contributed by atoms with Gasteiger partial charge in [-0.15, -0.1) is 0 Å². The summed E-state index contributed by atoms with van der Waals surface area (Å²) in [6.07, 6.45) is 2.72. The Kier molecular flexibility index (Phi) is 5.90. The predicted octanol–water partition coefficient (Wildman–Crippen LogP) is 1.58. The zero-order valence-electron chi connectivity index (χ0n) is 11.1. The third-order valence-electron chi connectivity index (χ3n) is 2.21. The second-order valence-corrected chi connectivity index (χ2v) is 3.81. The highest BCUT2D eigenvalue weighted by atomic mass is 16.5. The Balaban J connectivity index is 2.60. The highest BCUT2D eigenvalue weighted by Gasteiger charge is 2.06. The molecule has 1 rings (SSSR count). The largest absolute Gasteiger partial charge is 0.465 e. The van der Waals surface area contributed by atoms with Gasteiger partial charge in [0.05, 0.1) is 6.61 Å². The highest BCUT2D eigenvalue weighted by Crippen LogP contribution is 2.12. The number of nitrogens with one attached hydrogen (secondary N) is 2. The molecule has 0 amide bonds. The molecule has 0 spiro atoms. The van der Waals surface area contributed by atoms with Crippen LogP contribution in [-0.4, -0.2) is 35.6 Å². The van der Waals surface area contributed by atoms with Gasteiger partial charge in [0, 0.05) is 18.3 Å². The van der Waals surface area contributed by atoms with E-state index < -0.39 is 0 Å². The van der Waals surface area contributed by atoms with E-state index in [-0.39, 0.29) is 12.5 Å². The minimum Gasteiger partial charge on any atom is -0.465 e. The number of carbonyl (C=O) groups excluding carboxylic acids is 1. The molecule has 0 aliphatic carbocycles. The number of rotatable bonds is 7. The molecule has 0 aliphatic rings. The fourth-order valence-electron chi connectivity index (χ4n) is 1.31. The Morgan fingerprint density at radius 1 is 1.39 bits per heavy atom. The van der Waals surface area contributed by atoms with Crippen molar-refractivity contribution in [2.75, 3.05) is 30.3 Å². The van der Waals surface area contributed by atoms with Crippen molar-refractivity contribution in [1.29, 1.82) is 0 Å². The van der Waals surface area contributed by atoms with E-state index in [0.717, 1.165) is 18.5 Å². The number of aromatic nitrogens is 2. The van der Waals surface area contributed by atoms with Crippen molar-refractivity contribution in [3.63, 3.8) is 0 Å². The molecule has 18 heavy (non-hydrogen) atoms. The van der Waals surface area contributed by atoms with Crippen molar-refractivity contribution in [2.24, 2.45) is 0 Å². The number of ether oxygens (including phenoxy) is 1. The number of aryl methyl sites for hydroxylation is 1. The maximum atomic E-state index is 11.2. The molecule has 100 valence electrons. The number of nitrogens with zero attached hydrogens (tertiary/aromatic N) is 2. The fraction of sp³-hybridized carbons (Fsp3) is 0.583. The van der Waals surface area contributed by atoms with Crippen molar-refractivity contribution in [1.82, 2.24) is 9.97 Å². The van der Waals surface area contributed by atoms with Crippen LogP contribution in [0.25, 0.3) is 0 Å². The summed E-state index contributed by atoms with van der Waals surface area (Å²) in [5.74, 6) is 0.920. The van der Waals surface area contributed by atoms with Crippen molar-refractivity contribution in [3.05, 3.63) is 11.8 Å². The topological polar surface area (TPSA) is 76.1 Å². The Hall–Kier alpha value is -1.85. The predicted molar refractivity (Wildman–Crippen MR) is 70.7 cm³/mol. The second kappa shape index (κ2) is 7.47. The van der Waals surface area contributed by atoms with Gasteiger partial charge in [-0.2, -0.15) is 4.98 Å². The van der Waals surface area contributed by atoms with Gasteiger partial charge in [0.15, 0.2) is 0 Å². The van der Waals surface area contributed by atoms with Gasteiger partial charge in [0.2, 0.25) is 5.95 Å². The SMILES string of the molecule is CCCNc1ncc(C)c(NCC(=O)OCC)n1. The summed E-state index contributed by atoms with van der Waals surface area (Å²) in [5.41, 5.74) is 0.890. The van der Waals surface area contributed by atoms with Crippen molar-refractivity contribution in [2.45, 2.75) is 27.2 Å². The molecule has 1 heterocycles. The molecule has 0 radical (unpaired) electrons. The lowest BCUT2D eigenvalue weighted by atomic mass is 10.3. The summed E-state index contributed by atoms with van der Waals surface area (Å²) in [5, 5.41) is 6.05. The number of esters is 1. The Bertz CT molecular complexity index is 396. The average molecular weight is 252 g/mol. The summed E-state index contributed by atoms with van der Waals surface area (Å²) < 4.78 is 4.84. The van der Waals surface area contributed by atoms with Crippen LogP contribution in [0, 0.1) is 6.92 Å². The summed E-state index contributed by atoms with van der Waals surface area (Å²) in [6, 6.07) is 0. The number of hydrogen-bond acceptors (Lipinski definition) is 6. The maximum absolute atomic E-state index is 11.2. The smallest absolute Gasteiger partial charge is 0.325 e. The first-order valence-corrected chi connectivity index (χ1v) is 6.14. The van der Waals surface area contributed by atoms with E-state index in [1.54, 1.807) is 13.1 Å². The van der Waals surface area contributed by atoms with Crippen molar-refractivity contribution >= 4 is 17.7 Å². The molecule has 6 heteroatoms. The van der Waals surface area contributed by atoms with E-state index >= 15 is 0 Å². The first-order valence-electron chi connectivity index (χ1n) is 6.14. The van der Waals surface area contributed by atoms with E-state index in [1.165, 1.54) is 0 Å². The Morgan fingerprint density at radius 3 is 2.83 bits per heavy atom. The van der Waals surface area contributed by atoms with Crippen LogP contribution in [-0.2, 0) is 9.53 Å². The summed E-state index contributed by atoms with van der Waals surface area (Å²) in [6.45, 7) is 7.05. The highest BCUT2D eigenvalue weighted by molar-refractivity contribution is 5.74. The van der Waals surface area contributed by atoms with Gasteiger partial charge in [0.25, 0.3) is 0 Å². The van der Waals surface area contributed by atoms with Crippen LogP contribution in [0.3, 0.4) is 0 Å². The van der Waals surface area contributed by atoms with Gasteiger partial charge < -0.3 is 15.4 Å². The van der Waals surface area contributed by atoms with Crippen molar-refractivity contribution in [3.8, 4) is 0 Å². The Labute approximate surface area is 107 Å². The third kappa shape index (κ3) is 4.57. The van der Waals surface area contributed by atoms with Crippen LogP contribution in [0.15, 0.2) is 6.20 Å². The molecule has 0 aliphatic heterocycles. The molecule has 2 N–H and O–H groups in total. The minimum atomic E-state index is -0.293. The molecule has 1 aromatic rings. The van der Waals surface area contributed by atoms with Crippen LogP contribution in [0.4, 0.5) is 11.8 Å². The van der Waals surface area contributed by atoms with Gasteiger partial charge in [-0.1, -0.05) is 6.92 Å². The van der Waals surface area contributed by atoms with Gasteiger partial charge in [-0.3, -0.25) is 4.79 Å². The van der Waals surface area contributed by atoms with E-state index in [2.05, 4.69) is 27.5 Å². The zero-order chi connectivity index (χ0) is 13.4. The van der Waals surface area contributed by atoms with Gasteiger partial charge in [0.1, 0.15) is 12.4 Å². The van der Waals surface area contributed by atoms with Crippen LogP contribution in [0.5, 0.6) is 0 Å². The molecule has 0 fully saturated rings. The first-order chi connectivity index (χ1) is 8.67. The third-order valence-corrected chi connectivity index (χ3v) is 2.21.